The fourth-order valence-electron chi connectivity index (χ4n) is 3.26. The van der Waals surface area contributed by atoms with E-state index in [1.165, 1.54) is 16.7 Å². The molecule has 0 radical (unpaired) electrons. The van der Waals surface area contributed by atoms with Gasteiger partial charge in [0, 0.05) is 11.9 Å². The average Bonchev–Trinajstić information content (AvgIpc) is 2.70. The van der Waals surface area contributed by atoms with Gasteiger partial charge in [0.2, 0.25) is 0 Å². The molecule has 0 fully saturated rings. The monoisotopic (exact) mass is 340 g/mol. The van der Waals surface area contributed by atoms with Crippen molar-refractivity contribution in [3.8, 4) is 11.1 Å². The number of nitrogens with zero attached hydrogens (tertiary/aromatic N) is 3. The molecular formula is C22H20N4. The van der Waals surface area contributed by atoms with Gasteiger partial charge in [0.1, 0.15) is 24.3 Å². The van der Waals surface area contributed by atoms with Gasteiger partial charge in [-0.3, -0.25) is 9.98 Å². The van der Waals surface area contributed by atoms with Crippen LogP contribution in [0.4, 0.5) is 5.69 Å². The Hall–Kier alpha value is -3.27. The van der Waals surface area contributed by atoms with Crippen molar-refractivity contribution >= 4 is 24.1 Å². The van der Waals surface area contributed by atoms with Gasteiger partial charge in [-0.15, -0.1) is 0 Å². The number of nitrogens with one attached hydrogen (secondary N) is 1. The largest absolute Gasteiger partial charge is 0.342 e. The molecule has 4 rings (SSSR count). The van der Waals surface area contributed by atoms with Crippen LogP contribution in [0.25, 0.3) is 11.1 Å². The Bertz CT molecular complexity index is 951. The van der Waals surface area contributed by atoms with Crippen LogP contribution in [-0.4, -0.2) is 30.5 Å². The molecule has 0 spiro atoms. The van der Waals surface area contributed by atoms with E-state index in [1.807, 2.05) is 12.3 Å². The summed E-state index contributed by atoms with van der Waals surface area (Å²) in [5, 5.41) is 3.48. The third-order valence-corrected chi connectivity index (χ3v) is 4.70. The van der Waals surface area contributed by atoms with E-state index in [0.29, 0.717) is 0 Å². The van der Waals surface area contributed by atoms with Crippen molar-refractivity contribution in [3.05, 3.63) is 78.4 Å². The predicted molar refractivity (Wildman–Crippen MR) is 111 cm³/mol. The first kappa shape index (κ1) is 16.2. The number of aliphatic imine (C=N–C) groups is 3. The Morgan fingerprint density at radius 2 is 1.88 bits per heavy atom. The highest BCUT2D eigenvalue weighted by atomic mass is 15.1. The summed E-state index contributed by atoms with van der Waals surface area (Å²) in [6.45, 7) is 5.93. The molecule has 1 N–H and O–H groups in total. The van der Waals surface area contributed by atoms with E-state index in [2.05, 4.69) is 82.3 Å². The lowest BCUT2D eigenvalue weighted by atomic mass is 9.98. The molecule has 2 aromatic carbocycles. The zero-order valence-corrected chi connectivity index (χ0v) is 14.6. The minimum atomic E-state index is -0.122. The third-order valence-electron chi connectivity index (χ3n) is 4.70. The van der Waals surface area contributed by atoms with Crippen molar-refractivity contribution in [1.29, 1.82) is 0 Å². The lowest BCUT2D eigenvalue weighted by Crippen LogP contribution is -2.39. The topological polar surface area (TPSA) is 49.1 Å². The highest BCUT2D eigenvalue weighted by Crippen LogP contribution is 2.29. The maximum absolute atomic E-state index is 4.62. The van der Waals surface area contributed by atoms with Crippen LogP contribution in [0.15, 0.2) is 87.8 Å². The van der Waals surface area contributed by atoms with Gasteiger partial charge in [-0.25, -0.2) is 4.99 Å². The van der Waals surface area contributed by atoms with Gasteiger partial charge in [0.05, 0.1) is 0 Å². The quantitative estimate of drug-likeness (QED) is 0.882. The number of dihydropyridines is 1. The number of rotatable bonds is 3. The summed E-state index contributed by atoms with van der Waals surface area (Å²) in [7, 11) is 0. The van der Waals surface area contributed by atoms with Crippen LogP contribution in [0.3, 0.4) is 0 Å². The molecule has 0 bridgehead atoms. The fraction of sp³-hybridized carbons (Fsp3) is 0.136. The summed E-state index contributed by atoms with van der Waals surface area (Å²) in [5.41, 5.74) is 5.62. The van der Waals surface area contributed by atoms with Gasteiger partial charge in [0.15, 0.2) is 0 Å². The van der Waals surface area contributed by atoms with Crippen molar-refractivity contribution in [2.45, 2.75) is 19.0 Å². The Morgan fingerprint density at radius 3 is 2.69 bits per heavy atom. The van der Waals surface area contributed by atoms with Gasteiger partial charge in [0.25, 0.3) is 0 Å². The summed E-state index contributed by atoms with van der Waals surface area (Å²) in [5.74, 6) is 0.814. The smallest absolute Gasteiger partial charge is 0.135 e. The van der Waals surface area contributed by atoms with Gasteiger partial charge >= 0.3 is 0 Å². The molecule has 2 heterocycles. The van der Waals surface area contributed by atoms with E-state index in [4.69, 9.17) is 0 Å². The van der Waals surface area contributed by atoms with Crippen LogP contribution >= 0.6 is 0 Å². The molecule has 4 nitrogen and oxygen atoms in total. The first-order valence-electron chi connectivity index (χ1n) is 8.65. The zero-order chi connectivity index (χ0) is 17.9. The number of hydrogen-bond donors (Lipinski definition) is 1. The molecule has 4 heteroatoms. The van der Waals surface area contributed by atoms with Gasteiger partial charge in [-0.2, -0.15) is 0 Å². The number of amidine groups is 1. The summed E-state index contributed by atoms with van der Waals surface area (Å²) in [6.07, 6.45) is 7.31. The van der Waals surface area contributed by atoms with Crippen molar-refractivity contribution in [2.75, 3.05) is 5.32 Å². The van der Waals surface area contributed by atoms with Gasteiger partial charge in [-0.1, -0.05) is 55.1 Å². The summed E-state index contributed by atoms with van der Waals surface area (Å²) in [6, 6.07) is 16.5. The van der Waals surface area contributed by atoms with Crippen LogP contribution in [0.5, 0.6) is 0 Å². The van der Waals surface area contributed by atoms with Crippen LogP contribution in [0, 0.1) is 6.92 Å². The SMILES string of the molecule is C=CC1=CC2N=CN=C(Nc3cccc(-c4ccccc4)c3C)C2N=C1. The Morgan fingerprint density at radius 1 is 1.04 bits per heavy atom. The Kier molecular flexibility index (Phi) is 4.32. The van der Waals surface area contributed by atoms with Crippen LogP contribution in [-0.2, 0) is 0 Å². The van der Waals surface area contributed by atoms with E-state index in [-0.39, 0.29) is 12.1 Å². The lowest BCUT2D eigenvalue weighted by molar-refractivity contribution is 0.724. The molecule has 0 aromatic heterocycles. The molecule has 2 aliphatic rings. The molecule has 26 heavy (non-hydrogen) atoms. The minimum Gasteiger partial charge on any atom is -0.342 e. The average molecular weight is 340 g/mol. The predicted octanol–water partition coefficient (Wildman–Crippen LogP) is 4.45. The molecule has 2 atom stereocenters. The second-order valence-electron chi connectivity index (χ2n) is 6.33. The molecule has 2 aromatic rings. The molecule has 2 unspecified atom stereocenters. The highest BCUT2D eigenvalue weighted by molar-refractivity contribution is 6.07. The number of allylic oxidation sites excluding steroid dienone is 2. The van der Waals surface area contributed by atoms with Crippen LogP contribution in [0.1, 0.15) is 5.56 Å². The Labute approximate surface area is 153 Å². The molecule has 0 amide bonds. The highest BCUT2D eigenvalue weighted by Gasteiger charge is 2.28. The molecule has 0 aliphatic carbocycles. The second-order valence-corrected chi connectivity index (χ2v) is 6.33. The van der Waals surface area contributed by atoms with Gasteiger partial charge in [-0.05, 0) is 41.3 Å². The van der Waals surface area contributed by atoms with Crippen LogP contribution in [0.2, 0.25) is 0 Å². The minimum absolute atomic E-state index is 0.0365. The van der Waals surface area contributed by atoms with E-state index < -0.39 is 0 Å². The third kappa shape index (κ3) is 3.02. The standard InChI is InChI=1S/C22H20N4/c1-3-16-12-20-21(23-13-16)22(25-14-24-20)26-19-11-7-10-18(15(19)2)17-8-5-4-6-9-17/h3-14,20-21H,1H2,2H3,(H,24,25,26). The Balaban J connectivity index is 1.63. The lowest BCUT2D eigenvalue weighted by Gasteiger charge is -2.26. The van der Waals surface area contributed by atoms with Crippen molar-refractivity contribution < 1.29 is 0 Å². The van der Waals surface area contributed by atoms with E-state index in [1.54, 1.807) is 12.4 Å². The molecule has 128 valence electrons. The molecule has 0 saturated heterocycles. The first-order chi connectivity index (χ1) is 12.8. The van der Waals surface area contributed by atoms with Crippen molar-refractivity contribution in [2.24, 2.45) is 15.0 Å². The van der Waals surface area contributed by atoms with E-state index >= 15 is 0 Å². The number of hydrogen-bond acceptors (Lipinski definition) is 4. The van der Waals surface area contributed by atoms with Crippen LogP contribution < -0.4 is 5.32 Å². The first-order valence-corrected chi connectivity index (χ1v) is 8.65. The molecule has 0 saturated carbocycles. The van der Waals surface area contributed by atoms with E-state index in [0.717, 1.165) is 17.1 Å². The van der Waals surface area contributed by atoms with E-state index in [9.17, 15) is 0 Å². The second kappa shape index (κ2) is 6.92. The summed E-state index contributed by atoms with van der Waals surface area (Å²) in [4.78, 5) is 13.5. The van der Waals surface area contributed by atoms with Gasteiger partial charge < -0.3 is 5.32 Å². The molecular weight excluding hydrogens is 320 g/mol. The molecule has 2 aliphatic heterocycles. The fourth-order valence-corrected chi connectivity index (χ4v) is 3.26. The maximum Gasteiger partial charge on any atom is 0.135 e. The summed E-state index contributed by atoms with van der Waals surface area (Å²) < 4.78 is 0. The van der Waals surface area contributed by atoms with Crippen molar-refractivity contribution in [3.63, 3.8) is 0 Å². The zero-order valence-electron chi connectivity index (χ0n) is 14.6. The number of benzene rings is 2. The normalized spacial score (nSPS) is 20.8. The number of anilines is 1. The van der Waals surface area contributed by atoms with Crippen molar-refractivity contribution in [1.82, 2.24) is 0 Å². The maximum atomic E-state index is 4.62. The number of fused-ring (bicyclic) bond motifs is 1. The summed E-state index contributed by atoms with van der Waals surface area (Å²) >= 11 is 0.